The van der Waals surface area contributed by atoms with Crippen molar-refractivity contribution < 1.29 is 22.7 Å². The predicted octanol–water partition coefficient (Wildman–Crippen LogP) is 6.10. The molecule has 34 heavy (non-hydrogen) atoms. The molecule has 0 saturated carbocycles. The number of carbonyl (C=O) groups excluding carboxylic acids is 1. The minimum atomic E-state index is -3.52. The number of carbonyl (C=O) groups is 1. The lowest BCUT2D eigenvalue weighted by Crippen LogP contribution is -2.46. The van der Waals surface area contributed by atoms with Crippen LogP contribution in [0, 0.1) is 5.82 Å². The van der Waals surface area contributed by atoms with Crippen molar-refractivity contribution in [1.82, 2.24) is 15.1 Å². The second-order valence-corrected chi connectivity index (χ2v) is 8.43. The molecule has 0 fully saturated rings. The molecule has 1 amide bonds. The van der Waals surface area contributed by atoms with E-state index in [1.165, 1.54) is 12.1 Å². The molecule has 2 atom stereocenters. The Kier molecular flexibility index (Phi) is 6.52. The largest absolute Gasteiger partial charge is 0.484 e. The van der Waals surface area contributed by atoms with Gasteiger partial charge in [-0.2, -0.15) is 13.9 Å². The van der Waals surface area contributed by atoms with Gasteiger partial charge in [0.05, 0.1) is 23.4 Å². The second-order valence-electron chi connectivity index (χ2n) is 7.99. The van der Waals surface area contributed by atoms with Crippen molar-refractivity contribution in [3.8, 4) is 11.4 Å². The second kappa shape index (κ2) is 9.38. The lowest BCUT2D eigenvalue weighted by atomic mass is 10.0. The first-order chi connectivity index (χ1) is 16.1. The average molecular weight is 488 g/mol. The summed E-state index contributed by atoms with van der Waals surface area (Å²) in [6.07, 6.45) is 0.874. The number of nitrogens with zero attached hydrogens (tertiary/aromatic N) is 2. The highest BCUT2D eigenvalue weighted by Crippen LogP contribution is 2.30. The number of aromatic nitrogens is 2. The number of alkyl halides is 2. The van der Waals surface area contributed by atoms with Gasteiger partial charge in [0.1, 0.15) is 17.7 Å². The third-order valence-corrected chi connectivity index (χ3v) is 5.54. The fourth-order valence-corrected chi connectivity index (χ4v) is 3.67. The molecule has 1 N–H and O–H groups in total. The first kappa shape index (κ1) is 23.6. The summed E-state index contributed by atoms with van der Waals surface area (Å²) in [5.74, 6) is -4.80. The Labute approximate surface area is 199 Å². The Hall–Kier alpha value is -3.52. The van der Waals surface area contributed by atoms with Gasteiger partial charge in [-0.25, -0.2) is 9.07 Å². The molecule has 4 rings (SSSR count). The maximum Gasteiger partial charge on any atom is 0.321 e. The third-order valence-electron chi connectivity index (χ3n) is 5.28. The summed E-state index contributed by atoms with van der Waals surface area (Å²) in [5, 5.41) is 7.96. The van der Waals surface area contributed by atoms with Gasteiger partial charge >= 0.3 is 5.92 Å². The molecule has 0 aliphatic rings. The van der Waals surface area contributed by atoms with Gasteiger partial charge in [-0.05, 0) is 67.1 Å². The van der Waals surface area contributed by atoms with E-state index in [-0.39, 0.29) is 5.82 Å². The molecule has 1 heterocycles. The highest BCUT2D eigenvalue weighted by atomic mass is 35.5. The lowest BCUT2D eigenvalue weighted by molar-refractivity contribution is -0.144. The van der Waals surface area contributed by atoms with Gasteiger partial charge in [0.25, 0.3) is 5.91 Å². The molecule has 0 radical (unpaired) electrons. The number of ether oxygens (including phenoxy) is 1. The molecule has 0 saturated heterocycles. The van der Waals surface area contributed by atoms with Gasteiger partial charge in [-0.1, -0.05) is 23.7 Å². The standard InChI is InChI=1S/C25H21ClF3N3O2/c1-15(31-24(33)25(2,28)29)23(16-3-5-18(26)6-4-16)34-21-11-12-22-17(13-21)14-30-32(22)20-9-7-19(27)8-10-20/h3-15,23H,1-2H3,(H,31,33). The fourth-order valence-electron chi connectivity index (χ4n) is 3.54. The number of hydrogen-bond donors (Lipinski definition) is 1. The molecule has 0 aliphatic carbocycles. The lowest BCUT2D eigenvalue weighted by Gasteiger charge is -2.27. The normalized spacial score (nSPS) is 13.5. The number of halogens is 4. The van der Waals surface area contributed by atoms with Crippen LogP contribution >= 0.6 is 11.6 Å². The molecule has 1 aromatic heterocycles. The number of hydrogen-bond acceptors (Lipinski definition) is 3. The third kappa shape index (κ3) is 5.17. The minimum Gasteiger partial charge on any atom is -0.484 e. The Morgan fingerprint density at radius 2 is 1.76 bits per heavy atom. The van der Waals surface area contributed by atoms with Gasteiger partial charge < -0.3 is 10.1 Å². The van der Waals surface area contributed by atoms with E-state index in [9.17, 15) is 18.0 Å². The maximum absolute atomic E-state index is 13.5. The topological polar surface area (TPSA) is 56.1 Å². The molecule has 0 spiro atoms. The smallest absolute Gasteiger partial charge is 0.321 e. The number of nitrogens with one attached hydrogen (secondary N) is 1. The summed E-state index contributed by atoms with van der Waals surface area (Å²) in [6.45, 7) is 2.13. The van der Waals surface area contributed by atoms with Crippen LogP contribution in [0.1, 0.15) is 25.5 Å². The highest BCUT2D eigenvalue weighted by molar-refractivity contribution is 6.30. The van der Waals surface area contributed by atoms with E-state index < -0.39 is 24.0 Å². The van der Waals surface area contributed by atoms with Crippen molar-refractivity contribution in [2.75, 3.05) is 0 Å². The van der Waals surface area contributed by atoms with E-state index in [0.717, 1.165) is 10.9 Å². The van der Waals surface area contributed by atoms with E-state index in [2.05, 4.69) is 10.4 Å². The summed E-state index contributed by atoms with van der Waals surface area (Å²) in [5.41, 5.74) is 2.12. The van der Waals surface area contributed by atoms with Gasteiger partial charge in [-0.3, -0.25) is 4.79 Å². The zero-order valence-corrected chi connectivity index (χ0v) is 19.1. The Morgan fingerprint density at radius 1 is 1.09 bits per heavy atom. The molecule has 2 unspecified atom stereocenters. The van der Waals surface area contributed by atoms with Gasteiger partial charge in [0, 0.05) is 17.3 Å². The Morgan fingerprint density at radius 3 is 2.41 bits per heavy atom. The van der Waals surface area contributed by atoms with Crippen molar-refractivity contribution in [2.24, 2.45) is 0 Å². The zero-order chi connectivity index (χ0) is 24.5. The number of benzene rings is 3. The fraction of sp³-hybridized carbons (Fsp3) is 0.200. The van der Waals surface area contributed by atoms with Crippen molar-refractivity contribution in [3.63, 3.8) is 0 Å². The zero-order valence-electron chi connectivity index (χ0n) is 18.3. The van der Waals surface area contributed by atoms with Gasteiger partial charge in [0.15, 0.2) is 0 Å². The quantitative estimate of drug-likeness (QED) is 0.343. The summed E-state index contributed by atoms with van der Waals surface area (Å²) in [4.78, 5) is 11.9. The minimum absolute atomic E-state index is 0.341. The highest BCUT2D eigenvalue weighted by Gasteiger charge is 2.35. The van der Waals surface area contributed by atoms with Crippen molar-refractivity contribution in [1.29, 1.82) is 0 Å². The van der Waals surface area contributed by atoms with E-state index >= 15 is 0 Å². The molecule has 9 heteroatoms. The summed E-state index contributed by atoms with van der Waals surface area (Å²) in [7, 11) is 0. The van der Waals surface area contributed by atoms with Gasteiger partial charge in [-0.15, -0.1) is 0 Å². The maximum atomic E-state index is 13.5. The molecular weight excluding hydrogens is 467 g/mol. The first-order valence-corrected chi connectivity index (χ1v) is 10.8. The van der Waals surface area contributed by atoms with Crippen molar-refractivity contribution in [3.05, 3.63) is 89.3 Å². The van der Waals surface area contributed by atoms with Crippen LogP contribution in [0.3, 0.4) is 0 Å². The van der Waals surface area contributed by atoms with E-state index in [1.54, 1.807) is 72.4 Å². The van der Waals surface area contributed by atoms with E-state index in [0.29, 0.717) is 28.9 Å². The number of amides is 1. The molecule has 0 aliphatic heterocycles. The summed E-state index contributed by atoms with van der Waals surface area (Å²) >= 11 is 5.99. The molecule has 3 aromatic carbocycles. The average Bonchev–Trinajstić information content (AvgIpc) is 3.21. The predicted molar refractivity (Wildman–Crippen MR) is 124 cm³/mol. The Bertz CT molecular complexity index is 1300. The molecule has 5 nitrogen and oxygen atoms in total. The Balaban J connectivity index is 1.63. The monoisotopic (exact) mass is 487 g/mol. The van der Waals surface area contributed by atoms with Crippen LogP contribution in [0.15, 0.2) is 72.9 Å². The van der Waals surface area contributed by atoms with Crippen LogP contribution < -0.4 is 10.1 Å². The van der Waals surface area contributed by atoms with Gasteiger partial charge in [0.2, 0.25) is 0 Å². The van der Waals surface area contributed by atoms with Crippen molar-refractivity contribution in [2.45, 2.75) is 31.9 Å². The number of rotatable bonds is 7. The van der Waals surface area contributed by atoms with Crippen LogP contribution in [-0.2, 0) is 4.79 Å². The SMILES string of the molecule is CC(NC(=O)C(C)(F)F)C(Oc1ccc2c(cnn2-c2ccc(F)cc2)c1)c1ccc(Cl)cc1. The van der Waals surface area contributed by atoms with Crippen LogP contribution in [-0.4, -0.2) is 27.7 Å². The molecule has 0 bridgehead atoms. The first-order valence-electron chi connectivity index (χ1n) is 10.5. The number of fused-ring (bicyclic) bond motifs is 1. The van der Waals surface area contributed by atoms with Crippen molar-refractivity contribution >= 4 is 28.4 Å². The molecule has 176 valence electrons. The summed E-state index contributed by atoms with van der Waals surface area (Å²) < 4.78 is 48.0. The van der Waals surface area contributed by atoms with E-state index in [4.69, 9.17) is 16.3 Å². The molecular formula is C25H21ClF3N3O2. The molecule has 4 aromatic rings. The summed E-state index contributed by atoms with van der Waals surface area (Å²) in [6, 6.07) is 17.2. The van der Waals surface area contributed by atoms with Crippen LogP contribution in [0.2, 0.25) is 5.02 Å². The van der Waals surface area contributed by atoms with Crippen LogP contribution in [0.5, 0.6) is 5.75 Å². The van der Waals surface area contributed by atoms with Crippen LogP contribution in [0.4, 0.5) is 13.2 Å². The van der Waals surface area contributed by atoms with E-state index in [1.807, 2.05) is 0 Å². The van der Waals surface area contributed by atoms with Crippen LogP contribution in [0.25, 0.3) is 16.6 Å².